The zero-order chi connectivity index (χ0) is 19.0. The smallest absolute Gasteiger partial charge is 0.255 e. The molecule has 7 heteroatoms. The standard InChI is InChI=1S/C20H21N5O2/c1-12-13(2)24-19(23-12)18-7-14(4-5-22-18)15-6-16(9-21-8-15)20(26)25-10-17(11-25)27-3/h4-9,17H,10-11H2,1-3H3,(H,23,24). The molecule has 0 unspecified atom stereocenters. The van der Waals surface area contributed by atoms with Crippen LogP contribution in [0.5, 0.6) is 0 Å². The number of aromatic amines is 1. The zero-order valence-corrected chi connectivity index (χ0v) is 15.6. The monoisotopic (exact) mass is 363 g/mol. The van der Waals surface area contributed by atoms with Gasteiger partial charge in [-0.2, -0.15) is 0 Å². The van der Waals surface area contributed by atoms with E-state index in [1.54, 1.807) is 30.6 Å². The van der Waals surface area contributed by atoms with Crippen molar-refractivity contribution in [3.63, 3.8) is 0 Å². The lowest BCUT2D eigenvalue weighted by Crippen LogP contribution is -2.54. The van der Waals surface area contributed by atoms with Gasteiger partial charge in [0.25, 0.3) is 5.91 Å². The number of nitrogens with one attached hydrogen (secondary N) is 1. The van der Waals surface area contributed by atoms with E-state index in [9.17, 15) is 4.79 Å². The normalized spacial score (nSPS) is 14.3. The number of carbonyl (C=O) groups is 1. The Balaban J connectivity index is 1.61. The minimum Gasteiger partial charge on any atom is -0.378 e. The molecule has 1 N–H and O–H groups in total. The van der Waals surface area contributed by atoms with E-state index in [0.717, 1.165) is 34.0 Å². The molecule has 0 radical (unpaired) electrons. The van der Waals surface area contributed by atoms with Crippen LogP contribution in [0.15, 0.2) is 36.8 Å². The molecule has 3 aromatic heterocycles. The summed E-state index contributed by atoms with van der Waals surface area (Å²) < 4.78 is 5.24. The third-order valence-corrected chi connectivity index (χ3v) is 4.92. The highest BCUT2D eigenvalue weighted by molar-refractivity contribution is 5.95. The second-order valence-electron chi connectivity index (χ2n) is 6.76. The van der Waals surface area contributed by atoms with E-state index in [0.29, 0.717) is 18.7 Å². The van der Waals surface area contributed by atoms with Gasteiger partial charge in [-0.25, -0.2) is 4.98 Å². The quantitative estimate of drug-likeness (QED) is 0.770. The second-order valence-corrected chi connectivity index (χ2v) is 6.76. The Morgan fingerprint density at radius 3 is 2.74 bits per heavy atom. The Hall–Kier alpha value is -3.06. The number of pyridine rings is 2. The molecule has 0 spiro atoms. The topological polar surface area (TPSA) is 84.0 Å². The number of rotatable bonds is 4. The fraction of sp³-hybridized carbons (Fsp3) is 0.300. The molecule has 0 saturated carbocycles. The summed E-state index contributed by atoms with van der Waals surface area (Å²) in [6.07, 6.45) is 5.23. The first-order chi connectivity index (χ1) is 13.0. The number of hydrogen-bond donors (Lipinski definition) is 1. The van der Waals surface area contributed by atoms with E-state index in [4.69, 9.17) is 4.74 Å². The summed E-state index contributed by atoms with van der Waals surface area (Å²) in [4.78, 5) is 30.8. The van der Waals surface area contributed by atoms with E-state index in [1.165, 1.54) is 0 Å². The van der Waals surface area contributed by atoms with Gasteiger partial charge in [0, 0.05) is 50.0 Å². The molecule has 1 fully saturated rings. The summed E-state index contributed by atoms with van der Waals surface area (Å²) >= 11 is 0. The Morgan fingerprint density at radius 1 is 1.22 bits per heavy atom. The molecule has 1 aliphatic rings. The van der Waals surface area contributed by atoms with E-state index in [-0.39, 0.29) is 12.0 Å². The van der Waals surface area contributed by atoms with E-state index in [1.807, 2.05) is 32.0 Å². The number of nitrogens with zero attached hydrogens (tertiary/aromatic N) is 4. The first kappa shape index (κ1) is 17.4. The highest BCUT2D eigenvalue weighted by atomic mass is 16.5. The van der Waals surface area contributed by atoms with Crippen molar-refractivity contribution in [2.24, 2.45) is 0 Å². The second kappa shape index (κ2) is 6.92. The number of hydrogen-bond acceptors (Lipinski definition) is 5. The number of methoxy groups -OCH3 is 1. The Labute approximate surface area is 157 Å². The Kier molecular flexibility index (Phi) is 4.45. The van der Waals surface area contributed by atoms with Crippen LogP contribution in [-0.2, 0) is 4.74 Å². The third-order valence-electron chi connectivity index (χ3n) is 4.92. The number of carbonyl (C=O) groups excluding carboxylic acids is 1. The van der Waals surface area contributed by atoms with Crippen LogP contribution in [0.25, 0.3) is 22.6 Å². The molecule has 4 heterocycles. The number of ether oxygens (including phenoxy) is 1. The molecule has 0 bridgehead atoms. The van der Waals surface area contributed by atoms with Gasteiger partial charge in [0.2, 0.25) is 0 Å². The van der Waals surface area contributed by atoms with Crippen molar-refractivity contribution in [3.05, 3.63) is 53.7 Å². The molecular formula is C20H21N5O2. The van der Waals surface area contributed by atoms with Crippen molar-refractivity contribution in [3.8, 4) is 22.6 Å². The first-order valence-electron chi connectivity index (χ1n) is 8.82. The fourth-order valence-corrected chi connectivity index (χ4v) is 3.06. The Morgan fingerprint density at radius 2 is 2.04 bits per heavy atom. The average Bonchev–Trinajstić information content (AvgIpc) is 3.00. The minimum absolute atomic E-state index is 0.0239. The maximum Gasteiger partial charge on any atom is 0.255 e. The molecule has 3 aromatic rings. The van der Waals surface area contributed by atoms with Gasteiger partial charge in [0.05, 0.1) is 17.4 Å². The number of amides is 1. The molecule has 0 aliphatic carbocycles. The van der Waals surface area contributed by atoms with Crippen LogP contribution < -0.4 is 0 Å². The number of imidazole rings is 1. The zero-order valence-electron chi connectivity index (χ0n) is 15.6. The summed E-state index contributed by atoms with van der Waals surface area (Å²) in [7, 11) is 1.66. The molecule has 27 heavy (non-hydrogen) atoms. The molecule has 4 rings (SSSR count). The average molecular weight is 363 g/mol. The van der Waals surface area contributed by atoms with Gasteiger partial charge in [0.1, 0.15) is 5.69 Å². The summed E-state index contributed by atoms with van der Waals surface area (Å²) in [5, 5.41) is 0. The van der Waals surface area contributed by atoms with Crippen LogP contribution in [0, 0.1) is 13.8 Å². The van der Waals surface area contributed by atoms with Gasteiger partial charge in [0.15, 0.2) is 5.82 Å². The fourth-order valence-electron chi connectivity index (χ4n) is 3.06. The van der Waals surface area contributed by atoms with Crippen molar-refractivity contribution >= 4 is 5.91 Å². The van der Waals surface area contributed by atoms with Crippen molar-refractivity contribution in [1.82, 2.24) is 24.8 Å². The Bertz CT molecular complexity index is 972. The molecule has 1 amide bonds. The van der Waals surface area contributed by atoms with Gasteiger partial charge in [-0.3, -0.25) is 14.8 Å². The van der Waals surface area contributed by atoms with Crippen LogP contribution in [0.3, 0.4) is 0 Å². The van der Waals surface area contributed by atoms with E-state index in [2.05, 4.69) is 19.9 Å². The number of aromatic nitrogens is 4. The number of likely N-dealkylation sites (tertiary alicyclic amines) is 1. The van der Waals surface area contributed by atoms with Gasteiger partial charge in [-0.05, 0) is 37.6 Å². The lowest BCUT2D eigenvalue weighted by Gasteiger charge is -2.38. The molecule has 0 atom stereocenters. The summed E-state index contributed by atoms with van der Waals surface area (Å²) in [6.45, 7) is 5.19. The molecule has 1 saturated heterocycles. The van der Waals surface area contributed by atoms with Gasteiger partial charge >= 0.3 is 0 Å². The number of aryl methyl sites for hydroxylation is 2. The SMILES string of the molecule is COC1CN(C(=O)c2cncc(-c3ccnc(-c4nc(C)c(C)[nH]4)c3)c2)C1. The predicted molar refractivity (Wildman–Crippen MR) is 101 cm³/mol. The minimum atomic E-state index is -0.0239. The molecule has 1 aliphatic heterocycles. The largest absolute Gasteiger partial charge is 0.378 e. The van der Waals surface area contributed by atoms with E-state index >= 15 is 0 Å². The molecular weight excluding hydrogens is 342 g/mol. The van der Waals surface area contributed by atoms with Crippen molar-refractivity contribution in [1.29, 1.82) is 0 Å². The summed E-state index contributed by atoms with van der Waals surface area (Å²) in [5.41, 5.74) is 5.11. The van der Waals surface area contributed by atoms with Crippen molar-refractivity contribution in [2.45, 2.75) is 20.0 Å². The summed E-state index contributed by atoms with van der Waals surface area (Å²) in [6, 6.07) is 5.72. The third kappa shape index (κ3) is 3.33. The molecule has 0 aromatic carbocycles. The highest BCUT2D eigenvalue weighted by Gasteiger charge is 2.31. The number of H-pyrrole nitrogens is 1. The van der Waals surface area contributed by atoms with Gasteiger partial charge in [-0.15, -0.1) is 0 Å². The van der Waals surface area contributed by atoms with E-state index < -0.39 is 0 Å². The maximum atomic E-state index is 12.6. The predicted octanol–water partition coefficient (Wildman–Crippen LogP) is 2.62. The van der Waals surface area contributed by atoms with Crippen LogP contribution in [0.1, 0.15) is 21.7 Å². The summed E-state index contributed by atoms with van der Waals surface area (Å²) in [5.74, 6) is 0.711. The first-order valence-corrected chi connectivity index (χ1v) is 8.82. The van der Waals surface area contributed by atoms with Crippen LogP contribution in [-0.4, -0.2) is 57.0 Å². The van der Waals surface area contributed by atoms with Crippen molar-refractivity contribution < 1.29 is 9.53 Å². The van der Waals surface area contributed by atoms with Crippen LogP contribution in [0.2, 0.25) is 0 Å². The molecule has 138 valence electrons. The van der Waals surface area contributed by atoms with Crippen molar-refractivity contribution in [2.75, 3.05) is 20.2 Å². The maximum absolute atomic E-state index is 12.6. The molecule has 7 nitrogen and oxygen atoms in total. The highest BCUT2D eigenvalue weighted by Crippen LogP contribution is 2.25. The van der Waals surface area contributed by atoms with Gasteiger partial charge in [-0.1, -0.05) is 0 Å². The van der Waals surface area contributed by atoms with Crippen LogP contribution >= 0.6 is 0 Å². The lowest BCUT2D eigenvalue weighted by molar-refractivity contribution is -0.0192. The lowest BCUT2D eigenvalue weighted by atomic mass is 10.0. The van der Waals surface area contributed by atoms with Crippen LogP contribution in [0.4, 0.5) is 0 Å². The van der Waals surface area contributed by atoms with Gasteiger partial charge < -0.3 is 14.6 Å².